The van der Waals surface area contributed by atoms with Gasteiger partial charge in [-0.25, -0.2) is 4.98 Å². The van der Waals surface area contributed by atoms with E-state index in [1.54, 1.807) is 12.4 Å². The average Bonchev–Trinajstić information content (AvgIpc) is 3.00. The standard InChI is InChI=1S/C14H21N3O3/c18-12(17-6-3-11-15-7-8-16-11)9-14(10-13(19)20)4-1-2-5-14/h7-8H,1-6,9-10H2,(H,15,16)(H,17,18)(H,19,20). The molecule has 20 heavy (non-hydrogen) atoms. The number of aliphatic carboxylic acids is 1. The van der Waals surface area contributed by atoms with Crippen molar-refractivity contribution >= 4 is 11.9 Å². The van der Waals surface area contributed by atoms with Crippen LogP contribution in [-0.2, 0) is 16.0 Å². The molecular formula is C14H21N3O3. The Labute approximate surface area is 118 Å². The molecular weight excluding hydrogens is 258 g/mol. The minimum absolute atomic E-state index is 0.0558. The van der Waals surface area contributed by atoms with E-state index in [0.29, 0.717) is 19.4 Å². The second-order valence-electron chi connectivity index (χ2n) is 5.59. The highest BCUT2D eigenvalue weighted by Gasteiger charge is 2.37. The highest BCUT2D eigenvalue weighted by Crippen LogP contribution is 2.43. The fourth-order valence-electron chi connectivity index (χ4n) is 3.02. The smallest absolute Gasteiger partial charge is 0.303 e. The van der Waals surface area contributed by atoms with E-state index in [0.717, 1.165) is 31.5 Å². The number of aromatic nitrogens is 2. The topological polar surface area (TPSA) is 95.1 Å². The summed E-state index contributed by atoms with van der Waals surface area (Å²) in [4.78, 5) is 30.0. The van der Waals surface area contributed by atoms with Crippen molar-refractivity contribution in [2.45, 2.75) is 44.9 Å². The Morgan fingerprint density at radius 3 is 2.70 bits per heavy atom. The molecule has 1 aliphatic carbocycles. The lowest BCUT2D eigenvalue weighted by atomic mass is 9.79. The molecule has 0 radical (unpaired) electrons. The van der Waals surface area contributed by atoms with Crippen LogP contribution in [0.1, 0.15) is 44.3 Å². The number of carbonyl (C=O) groups is 2. The maximum Gasteiger partial charge on any atom is 0.303 e. The molecule has 3 N–H and O–H groups in total. The van der Waals surface area contributed by atoms with E-state index in [9.17, 15) is 9.59 Å². The Kier molecular flexibility index (Phi) is 4.76. The number of aromatic amines is 1. The van der Waals surface area contributed by atoms with Crippen LogP contribution in [0.3, 0.4) is 0 Å². The van der Waals surface area contributed by atoms with Gasteiger partial charge < -0.3 is 15.4 Å². The first-order valence-electron chi connectivity index (χ1n) is 7.06. The zero-order chi connectivity index (χ0) is 14.4. The molecule has 2 rings (SSSR count). The fourth-order valence-corrected chi connectivity index (χ4v) is 3.02. The molecule has 0 saturated heterocycles. The third-order valence-electron chi connectivity index (χ3n) is 3.96. The van der Waals surface area contributed by atoms with Crippen LogP contribution in [-0.4, -0.2) is 33.5 Å². The van der Waals surface area contributed by atoms with Crippen molar-refractivity contribution in [2.24, 2.45) is 5.41 Å². The molecule has 1 aromatic rings. The van der Waals surface area contributed by atoms with Crippen molar-refractivity contribution in [1.82, 2.24) is 15.3 Å². The number of nitrogens with zero attached hydrogens (tertiary/aromatic N) is 1. The number of amides is 1. The fraction of sp³-hybridized carbons (Fsp3) is 0.643. The molecule has 0 unspecified atom stereocenters. The van der Waals surface area contributed by atoms with E-state index in [4.69, 9.17) is 5.11 Å². The summed E-state index contributed by atoms with van der Waals surface area (Å²) in [5.74, 6) is -0.0265. The van der Waals surface area contributed by atoms with Gasteiger partial charge in [0.2, 0.25) is 5.91 Å². The minimum atomic E-state index is -0.810. The van der Waals surface area contributed by atoms with Gasteiger partial charge in [0.15, 0.2) is 0 Å². The second-order valence-corrected chi connectivity index (χ2v) is 5.59. The van der Waals surface area contributed by atoms with Crippen LogP contribution in [0.4, 0.5) is 0 Å². The summed E-state index contributed by atoms with van der Waals surface area (Å²) in [5, 5.41) is 11.9. The van der Waals surface area contributed by atoms with Gasteiger partial charge in [0.05, 0.1) is 6.42 Å². The molecule has 1 fully saturated rings. The van der Waals surface area contributed by atoms with Crippen LogP contribution >= 0.6 is 0 Å². The molecule has 0 aromatic carbocycles. The summed E-state index contributed by atoms with van der Waals surface area (Å²) in [6.07, 6.45) is 8.21. The van der Waals surface area contributed by atoms with Crippen LogP contribution in [0.15, 0.2) is 12.4 Å². The van der Waals surface area contributed by atoms with E-state index in [1.807, 2.05) is 0 Å². The van der Waals surface area contributed by atoms with E-state index in [1.165, 1.54) is 0 Å². The Morgan fingerprint density at radius 1 is 1.35 bits per heavy atom. The lowest BCUT2D eigenvalue weighted by Crippen LogP contribution is -2.33. The predicted octanol–water partition coefficient (Wildman–Crippen LogP) is 1.49. The highest BCUT2D eigenvalue weighted by molar-refractivity contribution is 5.78. The van der Waals surface area contributed by atoms with E-state index >= 15 is 0 Å². The molecule has 6 nitrogen and oxygen atoms in total. The lowest BCUT2D eigenvalue weighted by molar-refractivity contribution is -0.140. The number of hydrogen-bond acceptors (Lipinski definition) is 3. The van der Waals surface area contributed by atoms with E-state index in [2.05, 4.69) is 15.3 Å². The zero-order valence-electron chi connectivity index (χ0n) is 11.5. The summed E-state index contributed by atoms with van der Waals surface area (Å²) < 4.78 is 0. The molecule has 0 atom stereocenters. The number of imidazole rings is 1. The average molecular weight is 279 g/mol. The molecule has 0 spiro atoms. The molecule has 1 heterocycles. The summed E-state index contributed by atoms with van der Waals surface area (Å²) in [7, 11) is 0. The lowest BCUT2D eigenvalue weighted by Gasteiger charge is -2.26. The summed E-state index contributed by atoms with van der Waals surface area (Å²) >= 11 is 0. The van der Waals surface area contributed by atoms with Crippen molar-refractivity contribution in [3.05, 3.63) is 18.2 Å². The maximum absolute atomic E-state index is 12.0. The quantitative estimate of drug-likeness (QED) is 0.704. The first-order valence-corrected chi connectivity index (χ1v) is 7.06. The number of carboxylic acids is 1. The van der Waals surface area contributed by atoms with Gasteiger partial charge in [-0.3, -0.25) is 9.59 Å². The van der Waals surface area contributed by atoms with Crippen molar-refractivity contribution in [1.29, 1.82) is 0 Å². The molecule has 0 aliphatic heterocycles. The normalized spacial score (nSPS) is 17.0. The third-order valence-corrected chi connectivity index (χ3v) is 3.96. The number of rotatable bonds is 7. The van der Waals surface area contributed by atoms with Gasteiger partial charge in [-0.15, -0.1) is 0 Å². The highest BCUT2D eigenvalue weighted by atomic mass is 16.4. The van der Waals surface area contributed by atoms with Gasteiger partial charge in [-0.05, 0) is 18.3 Å². The molecule has 1 amide bonds. The summed E-state index contributed by atoms with van der Waals surface area (Å²) in [6, 6.07) is 0. The number of H-pyrrole nitrogens is 1. The largest absolute Gasteiger partial charge is 0.481 e. The van der Waals surface area contributed by atoms with E-state index < -0.39 is 5.97 Å². The van der Waals surface area contributed by atoms with Crippen LogP contribution in [0.5, 0.6) is 0 Å². The molecule has 1 saturated carbocycles. The number of carbonyl (C=O) groups excluding carboxylic acids is 1. The van der Waals surface area contributed by atoms with Crippen LogP contribution in [0.2, 0.25) is 0 Å². The van der Waals surface area contributed by atoms with Crippen molar-refractivity contribution in [3.63, 3.8) is 0 Å². The predicted molar refractivity (Wildman–Crippen MR) is 73.1 cm³/mol. The Hall–Kier alpha value is -1.85. The molecule has 1 aromatic heterocycles. The van der Waals surface area contributed by atoms with Gasteiger partial charge in [0.25, 0.3) is 0 Å². The van der Waals surface area contributed by atoms with Gasteiger partial charge in [0.1, 0.15) is 5.82 Å². The van der Waals surface area contributed by atoms with Crippen LogP contribution < -0.4 is 5.32 Å². The maximum atomic E-state index is 12.0. The third kappa shape index (κ3) is 4.08. The number of hydrogen-bond donors (Lipinski definition) is 3. The second kappa shape index (κ2) is 6.54. The Balaban J connectivity index is 1.78. The Morgan fingerprint density at radius 2 is 2.10 bits per heavy atom. The first-order chi connectivity index (χ1) is 9.60. The first kappa shape index (κ1) is 14.6. The van der Waals surface area contributed by atoms with Crippen molar-refractivity contribution in [2.75, 3.05) is 6.54 Å². The van der Waals surface area contributed by atoms with Crippen LogP contribution in [0, 0.1) is 5.41 Å². The monoisotopic (exact) mass is 279 g/mol. The summed E-state index contributed by atoms with van der Waals surface area (Å²) in [6.45, 7) is 0.523. The van der Waals surface area contributed by atoms with Gasteiger partial charge in [0, 0.05) is 31.8 Å². The van der Waals surface area contributed by atoms with Gasteiger partial charge in [-0.1, -0.05) is 12.8 Å². The summed E-state index contributed by atoms with van der Waals surface area (Å²) in [5.41, 5.74) is -0.333. The molecule has 6 heteroatoms. The van der Waals surface area contributed by atoms with Gasteiger partial charge >= 0.3 is 5.97 Å². The van der Waals surface area contributed by atoms with Crippen LogP contribution in [0.25, 0.3) is 0 Å². The van der Waals surface area contributed by atoms with Crippen molar-refractivity contribution in [3.8, 4) is 0 Å². The number of carboxylic acid groups (broad SMARTS) is 1. The number of nitrogens with one attached hydrogen (secondary N) is 2. The van der Waals surface area contributed by atoms with Crippen molar-refractivity contribution < 1.29 is 14.7 Å². The molecule has 1 aliphatic rings. The minimum Gasteiger partial charge on any atom is -0.481 e. The molecule has 110 valence electrons. The zero-order valence-corrected chi connectivity index (χ0v) is 11.5. The SMILES string of the molecule is O=C(O)CC1(CC(=O)NCCc2ncc[nH]2)CCCC1. The Bertz CT molecular complexity index is 450. The molecule has 0 bridgehead atoms. The van der Waals surface area contributed by atoms with Gasteiger partial charge in [-0.2, -0.15) is 0 Å². The van der Waals surface area contributed by atoms with E-state index in [-0.39, 0.29) is 17.7 Å².